The molecule has 0 bridgehead atoms. The van der Waals surface area contributed by atoms with Crippen LogP contribution >= 0.6 is 0 Å². The lowest BCUT2D eigenvalue weighted by atomic mass is 9.94. The molecule has 0 spiro atoms. The highest BCUT2D eigenvalue weighted by Gasteiger charge is 2.26. The number of nitrogens with zero attached hydrogens (tertiary/aromatic N) is 5. The predicted molar refractivity (Wildman–Crippen MR) is 204 cm³/mol. The largest absolute Gasteiger partial charge is 0.308 e. The molecular weight excluding hydrogens is 611 g/mol. The van der Waals surface area contributed by atoms with Gasteiger partial charge in [-0.15, -0.1) is 0 Å². The van der Waals surface area contributed by atoms with Crippen molar-refractivity contribution in [1.29, 1.82) is 0 Å². The predicted octanol–water partition coefficient (Wildman–Crippen LogP) is 11.0. The maximum Gasteiger partial charge on any atom is 0.238 e. The Labute approximate surface area is 287 Å². The molecule has 5 heteroatoms. The minimum absolute atomic E-state index is 0.591. The molecule has 232 valence electrons. The number of benzene rings is 7. The zero-order valence-electron chi connectivity index (χ0n) is 26.8. The van der Waals surface area contributed by atoms with Crippen molar-refractivity contribution < 1.29 is 0 Å². The fraction of sp³-hybridized carbons (Fsp3) is 0. The standard InChI is InChI=1S/C45H27N5/c1-3-14-28(15-4-1)43-46-44(29-16-5-2-6-17-29)48-45(47-43)50-39-25-12-10-21-33(39)36-26-40-37(27-41(36)50)35-23-13-22-34-31-19-8-7-18-30(31)32-20-9-11-24-38(32)49(40)42(34)35/h1-27H. The summed E-state index contributed by atoms with van der Waals surface area (Å²) in [7, 11) is 0. The van der Waals surface area contributed by atoms with Gasteiger partial charge in [-0.25, -0.2) is 4.98 Å². The van der Waals surface area contributed by atoms with Crippen molar-refractivity contribution in [3.63, 3.8) is 0 Å². The first-order chi connectivity index (χ1) is 24.8. The SMILES string of the molecule is c1ccc(-c2nc(-c3ccccc3)nc(-n3c4ccccc4c4cc5c(cc43)c3cccc4c3n5-c3ccccc3-c3ccccc3-4)n2)cc1. The van der Waals surface area contributed by atoms with Gasteiger partial charge in [0.05, 0.1) is 27.8 Å². The van der Waals surface area contributed by atoms with Crippen molar-refractivity contribution in [2.45, 2.75) is 0 Å². The van der Waals surface area contributed by atoms with Gasteiger partial charge in [-0.2, -0.15) is 9.97 Å². The number of para-hydroxylation sites is 3. The third kappa shape index (κ3) is 3.80. The summed E-state index contributed by atoms with van der Waals surface area (Å²) in [6, 6.07) is 57.9. The highest BCUT2D eigenvalue weighted by molar-refractivity contribution is 6.21. The average molecular weight is 638 g/mol. The van der Waals surface area contributed by atoms with E-state index in [2.05, 4.69) is 137 Å². The summed E-state index contributed by atoms with van der Waals surface area (Å²) in [4.78, 5) is 15.3. The van der Waals surface area contributed by atoms with Crippen LogP contribution in [0.2, 0.25) is 0 Å². The highest BCUT2D eigenvalue weighted by atomic mass is 15.2. The van der Waals surface area contributed by atoms with E-state index in [1.54, 1.807) is 0 Å². The summed E-state index contributed by atoms with van der Waals surface area (Å²) < 4.78 is 4.69. The van der Waals surface area contributed by atoms with E-state index in [-0.39, 0.29) is 0 Å². The van der Waals surface area contributed by atoms with E-state index in [9.17, 15) is 0 Å². The summed E-state index contributed by atoms with van der Waals surface area (Å²) in [6.45, 7) is 0. The van der Waals surface area contributed by atoms with Crippen molar-refractivity contribution in [3.8, 4) is 56.7 Å². The molecule has 0 saturated heterocycles. The Bertz CT molecular complexity index is 2920. The zero-order chi connectivity index (χ0) is 32.8. The number of hydrogen-bond acceptors (Lipinski definition) is 3. The molecule has 3 aromatic heterocycles. The van der Waals surface area contributed by atoms with Crippen molar-refractivity contribution in [1.82, 2.24) is 24.1 Å². The van der Waals surface area contributed by atoms with Gasteiger partial charge in [0.15, 0.2) is 11.6 Å². The van der Waals surface area contributed by atoms with Crippen LogP contribution in [0.1, 0.15) is 0 Å². The number of rotatable bonds is 3. The molecular formula is C45H27N5. The van der Waals surface area contributed by atoms with E-state index in [0.717, 1.165) is 32.9 Å². The molecule has 0 fully saturated rings. The van der Waals surface area contributed by atoms with Crippen LogP contribution in [0.4, 0.5) is 0 Å². The summed E-state index contributed by atoms with van der Waals surface area (Å²) in [5, 5.41) is 4.70. The molecule has 11 rings (SSSR count). The Morgan fingerprint density at radius 3 is 1.58 bits per heavy atom. The van der Waals surface area contributed by atoms with Gasteiger partial charge >= 0.3 is 0 Å². The lowest BCUT2D eigenvalue weighted by molar-refractivity contribution is 0.954. The van der Waals surface area contributed by atoms with Gasteiger partial charge in [-0.05, 0) is 35.4 Å². The van der Waals surface area contributed by atoms with Gasteiger partial charge in [0.25, 0.3) is 0 Å². The maximum atomic E-state index is 5.16. The molecule has 0 atom stereocenters. The Hall–Kier alpha value is -6.85. The Kier molecular flexibility index (Phi) is 5.60. The molecule has 0 aliphatic carbocycles. The first kappa shape index (κ1) is 27.1. The summed E-state index contributed by atoms with van der Waals surface area (Å²) in [5.41, 5.74) is 12.5. The first-order valence-electron chi connectivity index (χ1n) is 16.9. The summed E-state index contributed by atoms with van der Waals surface area (Å²) in [5.74, 6) is 1.87. The van der Waals surface area contributed by atoms with Crippen LogP contribution in [0.25, 0.3) is 100 Å². The van der Waals surface area contributed by atoms with Crippen LogP contribution in [0.5, 0.6) is 0 Å². The molecule has 50 heavy (non-hydrogen) atoms. The lowest BCUT2D eigenvalue weighted by Crippen LogP contribution is -2.06. The topological polar surface area (TPSA) is 48.5 Å². The van der Waals surface area contributed by atoms with Crippen LogP contribution in [-0.4, -0.2) is 24.1 Å². The van der Waals surface area contributed by atoms with Crippen LogP contribution in [0.3, 0.4) is 0 Å². The molecule has 0 N–H and O–H groups in total. The third-order valence-corrected chi connectivity index (χ3v) is 10.1. The monoisotopic (exact) mass is 637 g/mol. The molecule has 0 radical (unpaired) electrons. The average Bonchev–Trinajstić information content (AvgIpc) is 3.65. The maximum absolute atomic E-state index is 5.16. The van der Waals surface area contributed by atoms with Crippen LogP contribution in [0.15, 0.2) is 164 Å². The van der Waals surface area contributed by atoms with Crippen molar-refractivity contribution in [2.24, 2.45) is 0 Å². The molecule has 5 nitrogen and oxygen atoms in total. The van der Waals surface area contributed by atoms with Crippen molar-refractivity contribution in [2.75, 3.05) is 0 Å². The van der Waals surface area contributed by atoms with E-state index in [1.165, 1.54) is 49.7 Å². The van der Waals surface area contributed by atoms with Crippen LogP contribution < -0.4 is 0 Å². The number of hydrogen-bond donors (Lipinski definition) is 0. The molecule has 7 aromatic carbocycles. The third-order valence-electron chi connectivity index (χ3n) is 10.1. The number of aromatic nitrogens is 5. The molecule has 0 saturated carbocycles. The van der Waals surface area contributed by atoms with Gasteiger partial charge in [0.1, 0.15) is 0 Å². The molecule has 1 aliphatic heterocycles. The molecule has 4 heterocycles. The van der Waals surface area contributed by atoms with Gasteiger partial charge in [0, 0.05) is 43.8 Å². The summed E-state index contributed by atoms with van der Waals surface area (Å²) in [6.07, 6.45) is 0. The normalized spacial score (nSPS) is 12.0. The van der Waals surface area contributed by atoms with E-state index in [4.69, 9.17) is 15.0 Å². The Morgan fingerprint density at radius 2 is 0.860 bits per heavy atom. The van der Waals surface area contributed by atoms with E-state index >= 15 is 0 Å². The minimum atomic E-state index is 0.591. The Morgan fingerprint density at radius 1 is 0.340 bits per heavy atom. The van der Waals surface area contributed by atoms with E-state index in [0.29, 0.717) is 17.6 Å². The quantitative estimate of drug-likeness (QED) is 0.194. The second-order valence-electron chi connectivity index (χ2n) is 12.9. The molecule has 10 aromatic rings. The van der Waals surface area contributed by atoms with Crippen molar-refractivity contribution >= 4 is 43.6 Å². The fourth-order valence-electron chi connectivity index (χ4n) is 7.96. The van der Waals surface area contributed by atoms with Crippen molar-refractivity contribution in [3.05, 3.63) is 164 Å². The van der Waals surface area contributed by atoms with Gasteiger partial charge in [-0.1, -0.05) is 140 Å². The molecule has 0 unspecified atom stereocenters. The van der Waals surface area contributed by atoms with Gasteiger partial charge < -0.3 is 4.57 Å². The molecule has 1 aliphatic rings. The highest BCUT2D eigenvalue weighted by Crippen LogP contribution is 2.47. The molecule has 0 amide bonds. The van der Waals surface area contributed by atoms with Crippen LogP contribution in [0, 0.1) is 0 Å². The summed E-state index contributed by atoms with van der Waals surface area (Å²) >= 11 is 0. The van der Waals surface area contributed by atoms with Crippen LogP contribution in [-0.2, 0) is 0 Å². The second kappa shape index (κ2) is 10.3. The first-order valence-corrected chi connectivity index (χ1v) is 16.9. The Balaban J connectivity index is 1.27. The van der Waals surface area contributed by atoms with E-state index < -0.39 is 0 Å². The van der Waals surface area contributed by atoms with Gasteiger partial charge in [-0.3, -0.25) is 4.57 Å². The minimum Gasteiger partial charge on any atom is -0.308 e. The van der Waals surface area contributed by atoms with Gasteiger partial charge in [0.2, 0.25) is 5.95 Å². The lowest BCUT2D eigenvalue weighted by Gasteiger charge is -2.12. The smallest absolute Gasteiger partial charge is 0.238 e. The zero-order valence-corrected chi connectivity index (χ0v) is 26.8. The fourth-order valence-corrected chi connectivity index (χ4v) is 7.96. The van der Waals surface area contributed by atoms with E-state index in [1.807, 2.05) is 36.4 Å². The number of fused-ring (bicyclic) bond motifs is 11. The second-order valence-corrected chi connectivity index (χ2v) is 12.9.